The number of carbonyl (C=O) groups excluding carboxylic acids is 4. The number of hydrogen-bond acceptors (Lipinski definition) is 15. The summed E-state index contributed by atoms with van der Waals surface area (Å²) in [5.41, 5.74) is -1.08. The van der Waals surface area contributed by atoms with Crippen LogP contribution in [0.1, 0.15) is 58.6 Å². The Hall–Kier alpha value is -4.45. The van der Waals surface area contributed by atoms with Gasteiger partial charge in [-0.25, -0.2) is 19.3 Å². The molecule has 2 aliphatic heterocycles. The lowest BCUT2D eigenvalue weighted by Crippen LogP contribution is -2.71. The second-order valence-electron chi connectivity index (χ2n) is 12.8. The van der Waals surface area contributed by atoms with E-state index in [1.807, 2.05) is 0 Å². The molecule has 2 atom stereocenters. The molecule has 4 amide bonds. The molecule has 1 aliphatic carbocycles. The van der Waals surface area contributed by atoms with Crippen molar-refractivity contribution in [2.45, 2.75) is 93.9 Å². The molecule has 5 rings (SSSR count). The Morgan fingerprint density at radius 3 is 2.58 bits per heavy atom. The number of thiazole rings is 1. The minimum Gasteiger partial charge on any atom is -0.477 e. The summed E-state index contributed by atoms with van der Waals surface area (Å²) in [6.07, 6.45) is -2.45. The van der Waals surface area contributed by atoms with E-state index in [0.29, 0.717) is 54.4 Å². The van der Waals surface area contributed by atoms with E-state index >= 15 is 0 Å². The van der Waals surface area contributed by atoms with Gasteiger partial charge in [-0.1, -0.05) is 16.9 Å². The van der Waals surface area contributed by atoms with Crippen LogP contribution in [-0.2, 0) is 35.3 Å². The maximum Gasteiger partial charge on any atom is 0.471 e. The van der Waals surface area contributed by atoms with Crippen LogP contribution < -0.4 is 16.0 Å². The molecule has 2 aromatic heterocycles. The molecule has 0 spiro atoms. The van der Waals surface area contributed by atoms with Gasteiger partial charge in [-0.3, -0.25) is 24.6 Å². The maximum absolute atomic E-state index is 13.5. The third kappa shape index (κ3) is 10.2. The predicted octanol–water partition coefficient (Wildman–Crippen LogP) is 2.74. The van der Waals surface area contributed by atoms with Gasteiger partial charge >= 0.3 is 24.1 Å². The number of thioether (sulfide) groups is 2. The molecular formula is C29H35F3N10O8S3. The maximum atomic E-state index is 13.5. The van der Waals surface area contributed by atoms with Crippen LogP contribution in [0.3, 0.4) is 0 Å². The Morgan fingerprint density at radius 1 is 1.17 bits per heavy atom. The molecule has 0 radical (unpaired) electrons. The molecule has 18 nitrogen and oxygen atoms in total. The summed E-state index contributed by atoms with van der Waals surface area (Å²) in [7, 11) is 0. The molecule has 53 heavy (non-hydrogen) atoms. The number of nitrogens with one attached hydrogen (secondary N) is 3. The summed E-state index contributed by atoms with van der Waals surface area (Å²) in [4.78, 5) is 73.1. The van der Waals surface area contributed by atoms with Crippen molar-refractivity contribution in [3.63, 3.8) is 0 Å². The molecule has 1 saturated heterocycles. The van der Waals surface area contributed by atoms with Crippen molar-refractivity contribution in [3.05, 3.63) is 22.3 Å². The van der Waals surface area contributed by atoms with E-state index in [4.69, 9.17) is 9.57 Å². The van der Waals surface area contributed by atoms with Gasteiger partial charge in [0, 0.05) is 30.0 Å². The Labute approximate surface area is 312 Å². The van der Waals surface area contributed by atoms with Crippen molar-refractivity contribution in [1.29, 1.82) is 0 Å². The smallest absolute Gasteiger partial charge is 0.471 e. The first-order valence-corrected chi connectivity index (χ1v) is 19.1. The number of oxime groups is 1. The van der Waals surface area contributed by atoms with Gasteiger partial charge in [0.2, 0.25) is 5.16 Å². The number of alkyl carbamates (subject to hydrolysis) is 1. The molecule has 2 fully saturated rings. The number of alkyl halides is 3. The molecule has 2 aromatic rings. The quantitative estimate of drug-likeness (QED) is 0.0708. The van der Waals surface area contributed by atoms with Gasteiger partial charge in [0.15, 0.2) is 10.8 Å². The Bertz CT molecular complexity index is 1790. The van der Waals surface area contributed by atoms with E-state index in [-0.39, 0.29) is 29.0 Å². The van der Waals surface area contributed by atoms with E-state index in [2.05, 4.69) is 36.3 Å². The number of fused-ring (bicyclic) bond motifs is 1. The van der Waals surface area contributed by atoms with E-state index in [1.165, 1.54) is 33.6 Å². The first-order valence-electron chi connectivity index (χ1n) is 16.2. The van der Waals surface area contributed by atoms with Crippen LogP contribution in [0.4, 0.5) is 23.1 Å². The lowest BCUT2D eigenvalue weighted by molar-refractivity contribution is -0.167. The second-order valence-corrected chi connectivity index (χ2v) is 15.7. The largest absolute Gasteiger partial charge is 0.477 e. The highest BCUT2D eigenvalue weighted by atomic mass is 32.2. The summed E-state index contributed by atoms with van der Waals surface area (Å²) in [5, 5.41) is 32.9. The minimum absolute atomic E-state index is 0.130. The number of halogens is 3. The molecular weight excluding hydrogens is 770 g/mol. The number of nitrogens with zero attached hydrogens (tertiary/aromatic N) is 7. The number of tetrazole rings is 1. The van der Waals surface area contributed by atoms with Crippen molar-refractivity contribution >= 4 is 75.5 Å². The predicted molar refractivity (Wildman–Crippen MR) is 184 cm³/mol. The molecule has 0 bridgehead atoms. The van der Waals surface area contributed by atoms with Crippen LogP contribution >= 0.6 is 34.9 Å². The summed E-state index contributed by atoms with van der Waals surface area (Å²) in [6, 6.07) is -1.17. The SMILES string of the molecule is CC(C)(C)OC(=O)NCCCn1nnnc1SCC1=C(C(=O)O)N2C(=O)C(NC(=O)C(=NOC3CCCC3)c3csc(NC(=O)C(F)(F)F)n3)[C@@H]2SC1. The fourth-order valence-corrected chi connectivity index (χ4v) is 8.34. The van der Waals surface area contributed by atoms with E-state index in [0.717, 1.165) is 17.7 Å². The van der Waals surface area contributed by atoms with Crippen LogP contribution in [0.25, 0.3) is 0 Å². The minimum atomic E-state index is -5.16. The summed E-state index contributed by atoms with van der Waals surface area (Å²) >= 11 is 3.01. The lowest BCUT2D eigenvalue weighted by atomic mass is 10.0. The van der Waals surface area contributed by atoms with Crippen molar-refractivity contribution in [2.75, 3.05) is 23.4 Å². The molecule has 1 unspecified atom stereocenters. The van der Waals surface area contributed by atoms with Gasteiger partial charge in [0.05, 0.1) is 0 Å². The van der Waals surface area contributed by atoms with Crippen LogP contribution in [0, 0.1) is 0 Å². The number of amides is 4. The monoisotopic (exact) mass is 804 g/mol. The zero-order valence-corrected chi connectivity index (χ0v) is 30.9. The molecule has 4 N–H and O–H groups in total. The molecule has 0 aromatic carbocycles. The highest BCUT2D eigenvalue weighted by Crippen LogP contribution is 2.41. The molecule has 3 aliphatic rings. The number of aliphatic carboxylic acids is 1. The first-order chi connectivity index (χ1) is 25.0. The van der Waals surface area contributed by atoms with Gasteiger partial charge < -0.3 is 25.3 Å². The van der Waals surface area contributed by atoms with Gasteiger partial charge in [-0.05, 0) is 68.9 Å². The van der Waals surface area contributed by atoms with Crippen molar-refractivity contribution in [2.24, 2.45) is 5.16 Å². The fourth-order valence-electron chi connectivity index (χ4n) is 5.26. The average molecular weight is 805 g/mol. The highest BCUT2D eigenvalue weighted by Gasteiger charge is 2.54. The van der Waals surface area contributed by atoms with Crippen LogP contribution in [0.15, 0.2) is 27.0 Å². The number of carboxylic acid groups (broad SMARTS) is 1. The zero-order chi connectivity index (χ0) is 38.5. The number of ether oxygens (including phenoxy) is 1. The summed E-state index contributed by atoms with van der Waals surface area (Å²) < 4.78 is 45.0. The standard InChI is InChI=1S/C29H35F3N10O8S3/c1-28(2,3)49-27(48)33-9-6-10-41-26(37-39-40-41)53-12-14-11-51-22-18(21(44)42(22)19(14)23(45)46)35-20(43)17(38-50-15-7-4-5-8-15)16-13-52-25(34-16)36-24(47)29(30,31)32/h13,15,18,22H,4-12H2,1-3H3,(H,33,48)(H,35,43)(H,45,46)(H,34,36,47)/t18?,22-/m0/s1. The van der Waals surface area contributed by atoms with Crippen LogP contribution in [-0.4, -0.2) is 118 Å². The van der Waals surface area contributed by atoms with Gasteiger partial charge in [-0.2, -0.15) is 13.2 Å². The third-order valence-corrected chi connectivity index (χ3v) is 10.8. The molecule has 1 saturated carbocycles. The van der Waals surface area contributed by atoms with E-state index in [9.17, 15) is 42.3 Å². The molecule has 4 heterocycles. The van der Waals surface area contributed by atoms with E-state index in [1.54, 1.807) is 26.1 Å². The number of anilines is 1. The topological polar surface area (TPSA) is 232 Å². The molecule has 288 valence electrons. The molecule has 24 heteroatoms. The number of β-lactam (4-membered cyclic amide) rings is 1. The van der Waals surface area contributed by atoms with Gasteiger partial charge in [-0.15, -0.1) is 28.2 Å². The Balaban J connectivity index is 1.22. The third-order valence-electron chi connectivity index (χ3n) is 7.66. The Kier molecular flexibility index (Phi) is 12.5. The average Bonchev–Trinajstić information content (AvgIpc) is 3.86. The van der Waals surface area contributed by atoms with Crippen LogP contribution in [0.2, 0.25) is 0 Å². The fraction of sp³-hybridized carbons (Fsp3) is 0.586. The summed E-state index contributed by atoms with van der Waals surface area (Å²) in [6.45, 7) is 5.90. The van der Waals surface area contributed by atoms with Crippen molar-refractivity contribution < 1.29 is 51.8 Å². The number of carbonyl (C=O) groups is 5. The zero-order valence-electron chi connectivity index (χ0n) is 28.5. The number of carboxylic acids is 1. The highest BCUT2D eigenvalue weighted by molar-refractivity contribution is 8.01. The van der Waals surface area contributed by atoms with Crippen molar-refractivity contribution in [3.8, 4) is 0 Å². The Morgan fingerprint density at radius 2 is 1.91 bits per heavy atom. The van der Waals surface area contributed by atoms with E-state index < -0.39 is 63.8 Å². The van der Waals surface area contributed by atoms with Gasteiger partial charge in [0.1, 0.15) is 34.5 Å². The lowest BCUT2D eigenvalue weighted by Gasteiger charge is -2.49. The first kappa shape index (κ1) is 39.8. The van der Waals surface area contributed by atoms with Crippen LogP contribution in [0.5, 0.6) is 0 Å². The number of aryl methyl sites for hydroxylation is 1. The second kappa shape index (κ2) is 16.7. The number of rotatable bonds is 14. The van der Waals surface area contributed by atoms with Crippen molar-refractivity contribution in [1.82, 2.24) is 40.7 Å². The van der Waals surface area contributed by atoms with Gasteiger partial charge in [0.25, 0.3) is 11.8 Å². The number of aromatic nitrogens is 5. The number of hydrogen-bond donors (Lipinski definition) is 4. The normalized spacial score (nSPS) is 19.4. The summed E-state index contributed by atoms with van der Waals surface area (Å²) in [5.74, 6) is -4.91.